The zero-order chi connectivity index (χ0) is 14.5. The molecule has 0 saturated heterocycles. The summed E-state index contributed by atoms with van der Waals surface area (Å²) in [5.41, 5.74) is 0.605. The van der Waals surface area contributed by atoms with Crippen molar-refractivity contribution in [3.05, 3.63) is 71.0 Å². The molecule has 2 aromatic rings. The fraction of sp³-hybridized carbons (Fsp3) is 0.200. The van der Waals surface area contributed by atoms with Gasteiger partial charge in [0.1, 0.15) is 17.5 Å². The first-order valence-electron chi connectivity index (χ1n) is 6.14. The lowest BCUT2D eigenvalue weighted by atomic mass is 10.1. The first-order valence-corrected chi connectivity index (χ1v) is 6.14. The van der Waals surface area contributed by atoms with E-state index >= 15 is 0 Å². The van der Waals surface area contributed by atoms with Crippen LogP contribution in [-0.4, -0.2) is 11.7 Å². The van der Waals surface area contributed by atoms with Crippen LogP contribution in [0.25, 0.3) is 0 Å². The number of nitrogens with one attached hydrogen (secondary N) is 1. The molecule has 2 aromatic carbocycles. The third kappa shape index (κ3) is 3.82. The van der Waals surface area contributed by atoms with Crippen molar-refractivity contribution in [2.45, 2.75) is 12.6 Å². The molecule has 1 unspecified atom stereocenters. The molecule has 0 bridgehead atoms. The summed E-state index contributed by atoms with van der Waals surface area (Å²) in [6.45, 7) is 0.190. The van der Waals surface area contributed by atoms with Crippen molar-refractivity contribution in [2.75, 3.05) is 6.54 Å². The summed E-state index contributed by atoms with van der Waals surface area (Å²) in [4.78, 5) is 0. The molecule has 2 N–H and O–H groups in total. The smallest absolute Gasteiger partial charge is 0.127 e. The molecule has 2 rings (SSSR count). The zero-order valence-electron chi connectivity index (χ0n) is 10.6. The van der Waals surface area contributed by atoms with Crippen molar-refractivity contribution in [3.63, 3.8) is 0 Å². The van der Waals surface area contributed by atoms with Crippen molar-refractivity contribution in [3.8, 4) is 0 Å². The molecule has 0 aromatic heterocycles. The lowest BCUT2D eigenvalue weighted by Gasteiger charge is -2.12. The summed E-state index contributed by atoms with van der Waals surface area (Å²) in [6, 6.07) is 8.80. The quantitative estimate of drug-likeness (QED) is 0.883. The molecule has 0 radical (unpaired) electrons. The molecule has 0 aliphatic heterocycles. The van der Waals surface area contributed by atoms with Gasteiger partial charge in [0.25, 0.3) is 0 Å². The van der Waals surface area contributed by atoms with E-state index in [1.165, 1.54) is 18.2 Å². The zero-order valence-corrected chi connectivity index (χ0v) is 10.6. The van der Waals surface area contributed by atoms with Gasteiger partial charge in [-0.2, -0.15) is 0 Å². The van der Waals surface area contributed by atoms with Gasteiger partial charge < -0.3 is 10.4 Å². The Kier molecular flexibility index (Phi) is 4.76. The highest BCUT2D eigenvalue weighted by molar-refractivity contribution is 5.20. The summed E-state index contributed by atoms with van der Waals surface area (Å²) >= 11 is 0. The molecule has 20 heavy (non-hydrogen) atoms. The van der Waals surface area contributed by atoms with Crippen molar-refractivity contribution in [1.82, 2.24) is 5.32 Å². The monoisotopic (exact) mass is 281 g/mol. The van der Waals surface area contributed by atoms with Crippen molar-refractivity contribution < 1.29 is 18.3 Å². The minimum absolute atomic E-state index is 0.0793. The Balaban J connectivity index is 1.91. The largest absolute Gasteiger partial charge is 0.387 e. The third-order valence-corrected chi connectivity index (χ3v) is 2.89. The van der Waals surface area contributed by atoms with E-state index < -0.39 is 23.6 Å². The van der Waals surface area contributed by atoms with Gasteiger partial charge in [-0.1, -0.05) is 12.1 Å². The maximum Gasteiger partial charge on any atom is 0.127 e. The van der Waals surface area contributed by atoms with E-state index in [-0.39, 0.29) is 18.7 Å². The predicted molar refractivity (Wildman–Crippen MR) is 69.4 cm³/mol. The van der Waals surface area contributed by atoms with Crippen LogP contribution in [0.3, 0.4) is 0 Å². The van der Waals surface area contributed by atoms with Crippen LogP contribution in [0, 0.1) is 17.5 Å². The van der Waals surface area contributed by atoms with Gasteiger partial charge in [0.2, 0.25) is 0 Å². The van der Waals surface area contributed by atoms with Crippen molar-refractivity contribution in [2.24, 2.45) is 0 Å². The van der Waals surface area contributed by atoms with E-state index in [1.807, 2.05) is 0 Å². The molecule has 5 heteroatoms. The highest BCUT2D eigenvalue weighted by atomic mass is 19.1. The number of rotatable bonds is 5. The van der Waals surface area contributed by atoms with Crippen LogP contribution >= 0.6 is 0 Å². The van der Waals surface area contributed by atoms with Gasteiger partial charge in [0.05, 0.1) is 6.10 Å². The van der Waals surface area contributed by atoms with E-state index in [0.29, 0.717) is 5.56 Å². The Labute approximate surface area is 114 Å². The third-order valence-electron chi connectivity index (χ3n) is 2.89. The summed E-state index contributed by atoms with van der Waals surface area (Å²) < 4.78 is 39.3. The Bertz CT molecular complexity index is 589. The highest BCUT2D eigenvalue weighted by Crippen LogP contribution is 2.14. The highest BCUT2D eigenvalue weighted by Gasteiger charge is 2.09. The topological polar surface area (TPSA) is 32.3 Å². The van der Waals surface area contributed by atoms with Crippen LogP contribution in [0.2, 0.25) is 0 Å². The summed E-state index contributed by atoms with van der Waals surface area (Å²) in [5.74, 6) is -1.47. The van der Waals surface area contributed by atoms with Gasteiger partial charge in [-0.15, -0.1) is 0 Å². The number of halogens is 3. The maximum atomic E-state index is 13.4. The van der Waals surface area contributed by atoms with Gasteiger partial charge in [-0.05, 0) is 35.9 Å². The molecular formula is C15H14F3NO. The normalized spacial score (nSPS) is 12.4. The van der Waals surface area contributed by atoms with E-state index in [2.05, 4.69) is 5.32 Å². The van der Waals surface area contributed by atoms with Gasteiger partial charge in [-0.3, -0.25) is 0 Å². The van der Waals surface area contributed by atoms with Gasteiger partial charge >= 0.3 is 0 Å². The Hall–Kier alpha value is -1.85. The van der Waals surface area contributed by atoms with Crippen molar-refractivity contribution >= 4 is 0 Å². The molecular weight excluding hydrogens is 267 g/mol. The summed E-state index contributed by atoms with van der Waals surface area (Å²) in [5, 5.41) is 12.7. The van der Waals surface area contributed by atoms with Gasteiger partial charge in [0.15, 0.2) is 0 Å². The fourth-order valence-corrected chi connectivity index (χ4v) is 1.85. The molecule has 106 valence electrons. The van der Waals surface area contributed by atoms with E-state index in [4.69, 9.17) is 0 Å². The standard InChI is InChI=1S/C15H14F3NO/c16-12-3-1-2-10(6-12)15(20)9-19-8-11-7-13(17)4-5-14(11)18/h1-7,15,19-20H,8-9H2. The Morgan fingerprint density at radius 1 is 1.00 bits per heavy atom. The first-order chi connectivity index (χ1) is 9.56. The second kappa shape index (κ2) is 6.54. The van der Waals surface area contributed by atoms with Crippen LogP contribution in [0.5, 0.6) is 0 Å². The molecule has 0 heterocycles. The van der Waals surface area contributed by atoms with Crippen LogP contribution in [-0.2, 0) is 6.54 Å². The average molecular weight is 281 g/mol. The molecule has 0 saturated carbocycles. The van der Waals surface area contributed by atoms with E-state index in [0.717, 1.165) is 18.2 Å². The minimum Gasteiger partial charge on any atom is -0.387 e. The molecule has 2 nitrogen and oxygen atoms in total. The predicted octanol–water partition coefficient (Wildman–Crippen LogP) is 2.93. The van der Waals surface area contributed by atoms with Gasteiger partial charge in [-0.25, -0.2) is 13.2 Å². The Morgan fingerprint density at radius 2 is 1.75 bits per heavy atom. The molecule has 0 spiro atoms. The van der Waals surface area contributed by atoms with Crippen LogP contribution in [0.15, 0.2) is 42.5 Å². The minimum atomic E-state index is -0.915. The second-order valence-electron chi connectivity index (χ2n) is 4.44. The Morgan fingerprint density at radius 3 is 2.50 bits per heavy atom. The number of hydrogen-bond acceptors (Lipinski definition) is 2. The number of aliphatic hydroxyl groups excluding tert-OH is 1. The second-order valence-corrected chi connectivity index (χ2v) is 4.44. The molecule has 0 aliphatic rings. The van der Waals surface area contributed by atoms with Crippen LogP contribution in [0.4, 0.5) is 13.2 Å². The van der Waals surface area contributed by atoms with Gasteiger partial charge in [0, 0.05) is 18.7 Å². The number of aliphatic hydroxyl groups is 1. The maximum absolute atomic E-state index is 13.4. The summed E-state index contributed by atoms with van der Waals surface area (Å²) in [6.07, 6.45) is -0.915. The SMILES string of the molecule is OC(CNCc1cc(F)ccc1F)c1cccc(F)c1. The number of hydrogen-bond donors (Lipinski definition) is 2. The van der Waals surface area contributed by atoms with Crippen molar-refractivity contribution in [1.29, 1.82) is 0 Å². The molecule has 1 atom stereocenters. The molecule has 0 amide bonds. The molecule has 0 aliphatic carbocycles. The van der Waals surface area contributed by atoms with E-state index in [1.54, 1.807) is 6.07 Å². The van der Waals surface area contributed by atoms with Crippen LogP contribution in [0.1, 0.15) is 17.2 Å². The van der Waals surface area contributed by atoms with Crippen LogP contribution < -0.4 is 5.32 Å². The lowest BCUT2D eigenvalue weighted by Crippen LogP contribution is -2.21. The van der Waals surface area contributed by atoms with E-state index in [9.17, 15) is 18.3 Å². The lowest BCUT2D eigenvalue weighted by molar-refractivity contribution is 0.174. The molecule has 0 fully saturated rings. The first kappa shape index (κ1) is 14.6. The summed E-state index contributed by atoms with van der Waals surface area (Å²) in [7, 11) is 0. The fourth-order valence-electron chi connectivity index (χ4n) is 1.85. The average Bonchev–Trinajstić information content (AvgIpc) is 2.42. The number of benzene rings is 2.